The van der Waals surface area contributed by atoms with Crippen LogP contribution >= 0.6 is 0 Å². The average molecular weight is 433 g/mol. The lowest BCUT2D eigenvalue weighted by Gasteiger charge is -2.16. The molecule has 1 amide bonds. The fraction of sp³-hybridized carbons (Fsp3) is 0.190. The number of hydrogen-bond acceptors (Lipinski definition) is 5. The highest BCUT2D eigenvalue weighted by Gasteiger charge is 2.34. The molecule has 2 aromatic carbocycles. The number of carbonyl (C=O) groups excluding carboxylic acids is 2. The Hall–Kier alpha value is -3.82. The number of nitrogens with zero attached hydrogens (tertiary/aromatic N) is 2. The summed E-state index contributed by atoms with van der Waals surface area (Å²) in [5, 5.41) is 6.12. The Kier molecular flexibility index (Phi) is 6.28. The summed E-state index contributed by atoms with van der Waals surface area (Å²) in [6.07, 6.45) is -1.75. The summed E-state index contributed by atoms with van der Waals surface area (Å²) in [4.78, 5) is 23.7. The number of nitrogens with one attached hydrogen (secondary N) is 1. The zero-order valence-corrected chi connectivity index (χ0v) is 16.6. The van der Waals surface area contributed by atoms with Gasteiger partial charge < -0.3 is 14.8 Å². The second-order valence-corrected chi connectivity index (χ2v) is 6.44. The molecule has 1 N–H and O–H groups in total. The molecule has 0 radical (unpaired) electrons. The smallest absolute Gasteiger partial charge is 0.418 e. The third-order valence-corrected chi connectivity index (χ3v) is 4.28. The van der Waals surface area contributed by atoms with Gasteiger partial charge in [0.2, 0.25) is 0 Å². The van der Waals surface area contributed by atoms with Crippen LogP contribution in [0, 0.1) is 0 Å². The zero-order valence-electron chi connectivity index (χ0n) is 16.6. The minimum absolute atomic E-state index is 0.174. The van der Waals surface area contributed by atoms with Crippen molar-refractivity contribution in [2.75, 3.05) is 19.0 Å². The van der Waals surface area contributed by atoms with E-state index >= 15 is 0 Å². The lowest BCUT2D eigenvalue weighted by Crippen LogP contribution is -2.22. The summed E-state index contributed by atoms with van der Waals surface area (Å²) in [6, 6.07) is 9.43. The molecule has 1 aromatic heterocycles. The molecule has 0 aliphatic rings. The van der Waals surface area contributed by atoms with Crippen molar-refractivity contribution in [3.8, 4) is 17.2 Å². The van der Waals surface area contributed by atoms with Crippen LogP contribution in [0.1, 0.15) is 22.8 Å². The number of aromatic nitrogens is 2. The summed E-state index contributed by atoms with van der Waals surface area (Å²) < 4.78 is 52.3. The molecule has 3 rings (SSSR count). The van der Waals surface area contributed by atoms with E-state index in [4.69, 9.17) is 9.47 Å². The van der Waals surface area contributed by atoms with Crippen LogP contribution in [0.25, 0.3) is 5.69 Å². The molecule has 7 nitrogen and oxygen atoms in total. The molecule has 0 unspecified atom stereocenters. The molecule has 10 heteroatoms. The zero-order chi connectivity index (χ0) is 22.6. The first-order valence-electron chi connectivity index (χ1n) is 9.02. The summed E-state index contributed by atoms with van der Waals surface area (Å²) in [6.45, 7) is 0.826. The maximum absolute atomic E-state index is 13.5. The van der Waals surface area contributed by atoms with Crippen molar-refractivity contribution in [2.45, 2.75) is 13.1 Å². The van der Waals surface area contributed by atoms with Crippen LogP contribution in [0.3, 0.4) is 0 Å². The van der Waals surface area contributed by atoms with Gasteiger partial charge in [0.05, 0.1) is 24.0 Å². The van der Waals surface area contributed by atoms with E-state index in [2.05, 4.69) is 10.4 Å². The van der Waals surface area contributed by atoms with Gasteiger partial charge >= 0.3 is 6.18 Å². The quantitative estimate of drug-likeness (QED) is 0.567. The molecule has 0 spiro atoms. The van der Waals surface area contributed by atoms with Crippen LogP contribution in [0.5, 0.6) is 11.5 Å². The van der Waals surface area contributed by atoms with Crippen molar-refractivity contribution >= 4 is 17.4 Å². The van der Waals surface area contributed by atoms with Gasteiger partial charge in [0, 0.05) is 18.0 Å². The molecule has 162 valence electrons. The fourth-order valence-corrected chi connectivity index (χ4v) is 2.78. The van der Waals surface area contributed by atoms with Gasteiger partial charge in [0.25, 0.3) is 5.91 Å². The van der Waals surface area contributed by atoms with E-state index < -0.39 is 29.9 Å². The summed E-state index contributed by atoms with van der Waals surface area (Å²) >= 11 is 0. The van der Waals surface area contributed by atoms with Gasteiger partial charge in [0.15, 0.2) is 23.9 Å². The van der Waals surface area contributed by atoms with Crippen LogP contribution in [0.15, 0.2) is 54.9 Å². The Balaban J connectivity index is 1.75. The van der Waals surface area contributed by atoms with Crippen molar-refractivity contribution in [3.05, 3.63) is 66.0 Å². The third kappa shape index (κ3) is 5.21. The number of hydrogen-bond donors (Lipinski definition) is 1. The van der Waals surface area contributed by atoms with Crippen molar-refractivity contribution in [1.82, 2.24) is 9.78 Å². The maximum atomic E-state index is 13.5. The number of alkyl halides is 3. The predicted molar refractivity (Wildman–Crippen MR) is 106 cm³/mol. The number of halogens is 3. The van der Waals surface area contributed by atoms with E-state index in [9.17, 15) is 22.8 Å². The molecule has 0 saturated heterocycles. The van der Waals surface area contributed by atoms with E-state index in [0.29, 0.717) is 5.56 Å². The normalized spacial score (nSPS) is 11.1. The molecule has 0 atom stereocenters. The number of methoxy groups -OCH3 is 1. The van der Waals surface area contributed by atoms with Crippen molar-refractivity contribution in [2.24, 2.45) is 0 Å². The molecule has 1 heterocycles. The number of Topliss-reactive ketones (excluding diaryl/α,β-unsaturated/α-hetero) is 1. The van der Waals surface area contributed by atoms with Gasteiger partial charge in [-0.3, -0.25) is 9.59 Å². The van der Waals surface area contributed by atoms with Gasteiger partial charge in [-0.15, -0.1) is 0 Å². The van der Waals surface area contributed by atoms with Crippen LogP contribution < -0.4 is 14.8 Å². The van der Waals surface area contributed by atoms with Gasteiger partial charge in [-0.25, -0.2) is 4.68 Å². The van der Waals surface area contributed by atoms with Crippen LogP contribution in [-0.2, 0) is 11.0 Å². The Bertz CT molecular complexity index is 1100. The number of amides is 1. The van der Waals surface area contributed by atoms with Gasteiger partial charge in [-0.2, -0.15) is 18.3 Å². The fourth-order valence-electron chi connectivity index (χ4n) is 2.78. The topological polar surface area (TPSA) is 82.5 Å². The molecule has 0 aliphatic heterocycles. The highest BCUT2D eigenvalue weighted by atomic mass is 19.4. The summed E-state index contributed by atoms with van der Waals surface area (Å²) in [5.74, 6) is -0.580. The number of rotatable bonds is 7. The standard InChI is InChI=1S/C21H18F3N3O4/c1-13(28)14-4-7-18(19(10-14)30-2)31-12-20(29)26-17-6-5-15(27-9-3-8-25-27)11-16(17)21(22,23)24/h3-11H,12H2,1-2H3,(H,26,29). The highest BCUT2D eigenvalue weighted by Crippen LogP contribution is 2.36. The number of ketones is 1. The third-order valence-electron chi connectivity index (χ3n) is 4.28. The van der Waals surface area contributed by atoms with Crippen molar-refractivity contribution in [1.29, 1.82) is 0 Å². The predicted octanol–water partition coefficient (Wildman–Crippen LogP) is 4.12. The molecule has 0 aliphatic carbocycles. The Labute approximate surface area is 175 Å². The minimum atomic E-state index is -4.70. The molecule has 0 bridgehead atoms. The van der Waals surface area contributed by atoms with Gasteiger partial charge in [-0.1, -0.05) is 0 Å². The minimum Gasteiger partial charge on any atom is -0.493 e. The Morgan fingerprint density at radius 2 is 1.90 bits per heavy atom. The van der Waals surface area contributed by atoms with Crippen LogP contribution in [0.2, 0.25) is 0 Å². The van der Waals surface area contributed by atoms with E-state index in [1.54, 1.807) is 6.07 Å². The van der Waals surface area contributed by atoms with Crippen LogP contribution in [-0.4, -0.2) is 35.2 Å². The molecular weight excluding hydrogens is 415 g/mol. The highest BCUT2D eigenvalue weighted by molar-refractivity contribution is 5.95. The summed E-state index contributed by atoms with van der Waals surface area (Å²) in [5.41, 5.74) is -0.837. The first-order chi connectivity index (χ1) is 14.7. The van der Waals surface area contributed by atoms with E-state index in [1.807, 2.05) is 0 Å². The molecular formula is C21H18F3N3O4. The largest absolute Gasteiger partial charge is 0.493 e. The first kappa shape index (κ1) is 21.9. The van der Waals surface area contributed by atoms with Crippen molar-refractivity contribution < 1.29 is 32.2 Å². The second-order valence-electron chi connectivity index (χ2n) is 6.44. The number of carbonyl (C=O) groups is 2. The van der Waals surface area contributed by atoms with E-state index in [0.717, 1.165) is 12.1 Å². The Morgan fingerprint density at radius 1 is 1.13 bits per heavy atom. The SMILES string of the molecule is COc1cc(C(C)=O)ccc1OCC(=O)Nc1ccc(-n2cccn2)cc1C(F)(F)F. The molecule has 0 fully saturated rings. The summed E-state index contributed by atoms with van der Waals surface area (Å²) in [7, 11) is 1.36. The molecule has 31 heavy (non-hydrogen) atoms. The Morgan fingerprint density at radius 3 is 2.52 bits per heavy atom. The van der Waals surface area contributed by atoms with E-state index in [-0.39, 0.29) is 23.0 Å². The van der Waals surface area contributed by atoms with E-state index in [1.165, 1.54) is 55.4 Å². The second kappa shape index (κ2) is 8.90. The van der Waals surface area contributed by atoms with Gasteiger partial charge in [0.1, 0.15) is 0 Å². The average Bonchev–Trinajstić information content (AvgIpc) is 3.26. The first-order valence-corrected chi connectivity index (χ1v) is 9.02. The van der Waals surface area contributed by atoms with Crippen molar-refractivity contribution in [3.63, 3.8) is 0 Å². The molecule has 3 aromatic rings. The number of benzene rings is 2. The lowest BCUT2D eigenvalue weighted by molar-refractivity contribution is -0.137. The monoisotopic (exact) mass is 433 g/mol. The van der Waals surface area contributed by atoms with Gasteiger partial charge in [-0.05, 0) is 49.4 Å². The maximum Gasteiger partial charge on any atom is 0.418 e. The van der Waals surface area contributed by atoms with Crippen LogP contribution in [0.4, 0.5) is 18.9 Å². The number of ether oxygens (including phenoxy) is 2. The lowest BCUT2D eigenvalue weighted by atomic mass is 10.1. The number of anilines is 1. The molecule has 0 saturated carbocycles.